The molecule has 2 aliphatic heterocycles. The van der Waals surface area contributed by atoms with E-state index in [0.29, 0.717) is 31.2 Å². The van der Waals surface area contributed by atoms with Crippen LogP contribution in [0.5, 0.6) is 5.75 Å². The average molecular weight is 493 g/mol. The number of Topliss-reactive ketones (excluding diaryl/α,β-unsaturated/α-hetero) is 1. The highest BCUT2D eigenvalue weighted by molar-refractivity contribution is 5.94. The first-order valence-corrected chi connectivity index (χ1v) is 11.8. The highest BCUT2D eigenvalue weighted by atomic mass is 19.4. The SMILES string of the molecule is O=C1COCC1NC(=O)[C@@H]1CCCCC1C(=O)N1CCc2[nH]c3c(OC(F)(F)F)cccc3c2C1. The zero-order valence-corrected chi connectivity index (χ0v) is 19.0. The zero-order valence-electron chi connectivity index (χ0n) is 19.0. The number of H-pyrrole nitrogens is 1. The topological polar surface area (TPSA) is 101 Å². The number of hydrogen-bond donors (Lipinski definition) is 2. The fourth-order valence-corrected chi connectivity index (χ4v) is 5.46. The molecule has 1 saturated carbocycles. The molecule has 2 unspecified atom stereocenters. The summed E-state index contributed by atoms with van der Waals surface area (Å²) in [6.07, 6.45) is -1.56. The summed E-state index contributed by atoms with van der Waals surface area (Å²) >= 11 is 0. The largest absolute Gasteiger partial charge is 0.573 e. The third-order valence-electron chi connectivity index (χ3n) is 7.16. The maximum atomic E-state index is 13.6. The number of ether oxygens (including phenoxy) is 2. The number of nitrogens with zero attached hydrogens (tertiary/aromatic N) is 1. The molecule has 2 N–H and O–H groups in total. The number of amides is 2. The summed E-state index contributed by atoms with van der Waals surface area (Å²) < 4.78 is 47.8. The number of aromatic nitrogens is 1. The third kappa shape index (κ3) is 4.73. The molecule has 3 heterocycles. The molecule has 2 fully saturated rings. The van der Waals surface area contributed by atoms with Gasteiger partial charge in [-0.1, -0.05) is 25.0 Å². The van der Waals surface area contributed by atoms with Gasteiger partial charge in [0.15, 0.2) is 11.5 Å². The zero-order chi connectivity index (χ0) is 24.7. The minimum Gasteiger partial charge on any atom is -0.404 e. The number of rotatable bonds is 4. The summed E-state index contributed by atoms with van der Waals surface area (Å²) in [5.74, 6) is -1.95. The normalized spacial score (nSPS) is 24.9. The van der Waals surface area contributed by atoms with Crippen LogP contribution in [0.25, 0.3) is 10.9 Å². The van der Waals surface area contributed by atoms with E-state index >= 15 is 0 Å². The molecule has 8 nitrogen and oxygen atoms in total. The molecule has 1 aliphatic carbocycles. The van der Waals surface area contributed by atoms with Gasteiger partial charge in [0.2, 0.25) is 11.8 Å². The number of carbonyl (C=O) groups excluding carboxylic acids is 3. The second-order valence-electron chi connectivity index (χ2n) is 9.36. The van der Waals surface area contributed by atoms with E-state index < -0.39 is 24.2 Å². The standard InChI is InChI=1S/C24H26F3N3O5/c25-24(26,27)35-20-7-3-6-13-16-10-30(9-8-17(16)28-21(13)20)23(33)15-5-2-1-4-14(15)22(32)29-18-11-34-12-19(18)31/h3,6-7,14-15,18,28H,1-2,4-5,8-12H2,(H,29,32)/t14-,15?,18?/m1/s1. The van der Waals surface area contributed by atoms with Gasteiger partial charge in [-0.3, -0.25) is 14.4 Å². The van der Waals surface area contributed by atoms with Crippen LogP contribution in [0.1, 0.15) is 36.9 Å². The predicted octanol–water partition coefficient (Wildman–Crippen LogP) is 2.84. The Kier molecular flexibility index (Phi) is 6.20. The average Bonchev–Trinajstić information content (AvgIpc) is 3.41. The van der Waals surface area contributed by atoms with E-state index in [4.69, 9.17) is 4.74 Å². The summed E-state index contributed by atoms with van der Waals surface area (Å²) in [5, 5.41) is 3.33. The number of para-hydroxylation sites is 1. The highest BCUT2D eigenvalue weighted by Gasteiger charge is 2.40. The van der Waals surface area contributed by atoms with Crippen molar-refractivity contribution in [1.29, 1.82) is 0 Å². The molecule has 188 valence electrons. The molecule has 3 aliphatic rings. The van der Waals surface area contributed by atoms with Crippen LogP contribution in [0, 0.1) is 11.8 Å². The van der Waals surface area contributed by atoms with Crippen LogP contribution >= 0.6 is 0 Å². The lowest BCUT2D eigenvalue weighted by Crippen LogP contribution is -2.49. The van der Waals surface area contributed by atoms with Crippen molar-refractivity contribution in [3.8, 4) is 5.75 Å². The molecule has 1 aromatic heterocycles. The van der Waals surface area contributed by atoms with Gasteiger partial charge in [0.1, 0.15) is 12.6 Å². The smallest absolute Gasteiger partial charge is 0.404 e. The molecule has 11 heteroatoms. The quantitative estimate of drug-likeness (QED) is 0.682. The van der Waals surface area contributed by atoms with Crippen LogP contribution in [-0.2, 0) is 32.1 Å². The van der Waals surface area contributed by atoms with Gasteiger partial charge in [-0.05, 0) is 18.9 Å². The van der Waals surface area contributed by atoms with Gasteiger partial charge in [0.25, 0.3) is 0 Å². The van der Waals surface area contributed by atoms with Crippen molar-refractivity contribution in [2.75, 3.05) is 19.8 Å². The van der Waals surface area contributed by atoms with Gasteiger partial charge in [-0.25, -0.2) is 0 Å². The summed E-state index contributed by atoms with van der Waals surface area (Å²) in [6, 6.07) is 3.79. The van der Waals surface area contributed by atoms with Gasteiger partial charge in [-0.15, -0.1) is 13.2 Å². The summed E-state index contributed by atoms with van der Waals surface area (Å²) in [4.78, 5) is 43.1. The number of halogens is 3. The minimum atomic E-state index is -4.81. The van der Waals surface area contributed by atoms with Crippen molar-refractivity contribution in [2.24, 2.45) is 11.8 Å². The van der Waals surface area contributed by atoms with Gasteiger partial charge in [-0.2, -0.15) is 0 Å². The van der Waals surface area contributed by atoms with E-state index in [-0.39, 0.29) is 48.6 Å². The monoisotopic (exact) mass is 493 g/mol. The van der Waals surface area contributed by atoms with E-state index in [0.717, 1.165) is 24.1 Å². The molecule has 3 atom stereocenters. The van der Waals surface area contributed by atoms with Crippen molar-refractivity contribution in [2.45, 2.75) is 51.1 Å². The molecule has 2 aromatic rings. The van der Waals surface area contributed by atoms with Crippen LogP contribution in [0.2, 0.25) is 0 Å². The predicted molar refractivity (Wildman–Crippen MR) is 117 cm³/mol. The number of benzene rings is 1. The van der Waals surface area contributed by atoms with Crippen LogP contribution in [0.15, 0.2) is 18.2 Å². The number of hydrogen-bond acceptors (Lipinski definition) is 5. The molecule has 2 amide bonds. The second kappa shape index (κ2) is 9.18. The van der Waals surface area contributed by atoms with Crippen molar-refractivity contribution in [3.05, 3.63) is 29.5 Å². The number of carbonyl (C=O) groups is 3. The van der Waals surface area contributed by atoms with Crippen LogP contribution in [0.4, 0.5) is 13.2 Å². The maximum Gasteiger partial charge on any atom is 0.573 e. The van der Waals surface area contributed by atoms with Crippen LogP contribution in [0.3, 0.4) is 0 Å². The fourth-order valence-electron chi connectivity index (χ4n) is 5.46. The lowest BCUT2D eigenvalue weighted by atomic mass is 9.77. The summed E-state index contributed by atoms with van der Waals surface area (Å²) in [5.41, 5.74) is 1.79. The van der Waals surface area contributed by atoms with Crippen molar-refractivity contribution in [1.82, 2.24) is 15.2 Å². The first-order valence-electron chi connectivity index (χ1n) is 11.8. The number of fused-ring (bicyclic) bond motifs is 3. The van der Waals surface area contributed by atoms with Crippen molar-refractivity contribution in [3.63, 3.8) is 0 Å². The Morgan fingerprint density at radius 3 is 2.66 bits per heavy atom. The number of ketones is 1. The van der Waals surface area contributed by atoms with E-state index in [1.165, 1.54) is 12.1 Å². The first kappa shape index (κ1) is 23.7. The van der Waals surface area contributed by atoms with E-state index in [1.807, 2.05) is 0 Å². The number of alkyl halides is 3. The van der Waals surface area contributed by atoms with Crippen LogP contribution < -0.4 is 10.1 Å². The molecule has 1 saturated heterocycles. The Hall–Kier alpha value is -3.08. The first-order chi connectivity index (χ1) is 16.7. The van der Waals surface area contributed by atoms with Gasteiger partial charge in [0, 0.05) is 48.0 Å². The maximum absolute atomic E-state index is 13.6. The van der Waals surface area contributed by atoms with Gasteiger partial charge >= 0.3 is 6.36 Å². The molecule has 0 bridgehead atoms. The molecule has 0 spiro atoms. The van der Waals surface area contributed by atoms with E-state index in [1.54, 1.807) is 11.0 Å². The minimum absolute atomic E-state index is 0.0194. The Morgan fingerprint density at radius 2 is 1.94 bits per heavy atom. The van der Waals surface area contributed by atoms with Crippen molar-refractivity contribution < 1.29 is 37.0 Å². The van der Waals surface area contributed by atoms with E-state index in [2.05, 4.69) is 15.0 Å². The number of aromatic amines is 1. The van der Waals surface area contributed by atoms with Crippen molar-refractivity contribution >= 4 is 28.5 Å². The molecular formula is C24H26F3N3O5. The van der Waals surface area contributed by atoms with Gasteiger partial charge < -0.3 is 24.7 Å². The second-order valence-corrected chi connectivity index (χ2v) is 9.36. The fraction of sp³-hybridized carbons (Fsp3) is 0.542. The third-order valence-corrected chi connectivity index (χ3v) is 7.16. The number of nitrogens with one attached hydrogen (secondary N) is 2. The Labute approximate surface area is 199 Å². The van der Waals surface area contributed by atoms with Crippen LogP contribution in [-0.4, -0.2) is 59.6 Å². The molecular weight excluding hydrogens is 467 g/mol. The molecule has 0 radical (unpaired) electrons. The Bertz CT molecular complexity index is 1160. The van der Waals surface area contributed by atoms with E-state index in [9.17, 15) is 27.6 Å². The Balaban J connectivity index is 1.34. The van der Waals surface area contributed by atoms with Gasteiger partial charge in [0.05, 0.1) is 12.1 Å². The lowest BCUT2D eigenvalue weighted by Gasteiger charge is -2.36. The molecule has 5 rings (SSSR count). The highest BCUT2D eigenvalue weighted by Crippen LogP contribution is 2.37. The molecule has 1 aromatic carbocycles. The summed E-state index contributed by atoms with van der Waals surface area (Å²) in [7, 11) is 0. The molecule has 35 heavy (non-hydrogen) atoms. The lowest BCUT2D eigenvalue weighted by molar-refractivity contribution is -0.274. The summed E-state index contributed by atoms with van der Waals surface area (Å²) in [6.45, 7) is 0.761. The Morgan fingerprint density at radius 1 is 1.17 bits per heavy atom.